The van der Waals surface area contributed by atoms with Crippen molar-refractivity contribution in [2.45, 2.75) is 45.2 Å². The Labute approximate surface area is 121 Å². The first-order valence-corrected chi connectivity index (χ1v) is 7.52. The van der Waals surface area contributed by atoms with Crippen LogP contribution in [0.4, 0.5) is 0 Å². The Morgan fingerprint density at radius 2 is 2.16 bits per heavy atom. The zero-order chi connectivity index (χ0) is 14.0. The summed E-state index contributed by atoms with van der Waals surface area (Å²) in [5, 5.41) is 0.850. The van der Waals surface area contributed by atoms with Crippen LogP contribution in [0, 0.1) is 5.41 Å². The molecule has 1 fully saturated rings. The summed E-state index contributed by atoms with van der Waals surface area (Å²) in [4.78, 5) is 2.38. The third-order valence-corrected chi connectivity index (χ3v) is 5.13. The summed E-state index contributed by atoms with van der Waals surface area (Å²) in [6.07, 6.45) is 3.64. The van der Waals surface area contributed by atoms with Gasteiger partial charge in [-0.25, -0.2) is 0 Å². The highest BCUT2D eigenvalue weighted by atomic mass is 35.5. The minimum Gasteiger partial charge on any atom is -0.327 e. The summed E-state index contributed by atoms with van der Waals surface area (Å²) in [6.45, 7) is 5.56. The van der Waals surface area contributed by atoms with E-state index in [1.54, 1.807) is 0 Å². The van der Waals surface area contributed by atoms with Gasteiger partial charge in [-0.3, -0.25) is 4.90 Å². The van der Waals surface area contributed by atoms with E-state index in [4.69, 9.17) is 17.3 Å². The lowest BCUT2D eigenvalue weighted by molar-refractivity contribution is 0.145. The van der Waals surface area contributed by atoms with E-state index in [1.165, 1.54) is 18.4 Å². The quantitative estimate of drug-likeness (QED) is 0.908. The molecule has 0 aliphatic heterocycles. The number of halogens is 1. The average molecular weight is 281 g/mol. The molecule has 106 valence electrons. The molecule has 3 unspecified atom stereocenters. The first-order chi connectivity index (χ1) is 8.94. The molecule has 19 heavy (non-hydrogen) atoms. The second-order valence-corrected chi connectivity index (χ2v) is 6.67. The van der Waals surface area contributed by atoms with Gasteiger partial charge < -0.3 is 5.73 Å². The molecule has 1 aliphatic carbocycles. The van der Waals surface area contributed by atoms with E-state index in [0.717, 1.165) is 18.0 Å². The molecule has 1 aromatic carbocycles. The van der Waals surface area contributed by atoms with Gasteiger partial charge >= 0.3 is 0 Å². The van der Waals surface area contributed by atoms with Gasteiger partial charge in [-0.1, -0.05) is 43.1 Å². The smallest absolute Gasteiger partial charge is 0.0453 e. The van der Waals surface area contributed by atoms with Gasteiger partial charge in [0.1, 0.15) is 0 Å². The normalized spacial score (nSPS) is 28.8. The van der Waals surface area contributed by atoms with Crippen molar-refractivity contribution in [2.75, 3.05) is 13.6 Å². The van der Waals surface area contributed by atoms with Crippen LogP contribution in [0.1, 0.15) is 44.7 Å². The number of rotatable bonds is 4. The average Bonchev–Trinajstić information content (AvgIpc) is 2.69. The van der Waals surface area contributed by atoms with Gasteiger partial charge in [-0.05, 0) is 43.9 Å². The number of nitrogens with zero attached hydrogens (tertiary/aromatic N) is 1. The summed E-state index contributed by atoms with van der Waals surface area (Å²) < 4.78 is 0. The van der Waals surface area contributed by atoms with Gasteiger partial charge in [0.25, 0.3) is 0 Å². The fourth-order valence-corrected chi connectivity index (χ4v) is 3.51. The third-order valence-electron chi connectivity index (χ3n) is 4.79. The van der Waals surface area contributed by atoms with Gasteiger partial charge in [0.05, 0.1) is 0 Å². The SMILES string of the molecule is CC(c1ccccc1Cl)N(C)CC1(C)CCCC1N. The van der Waals surface area contributed by atoms with Gasteiger partial charge in [0.15, 0.2) is 0 Å². The number of hydrogen-bond donors (Lipinski definition) is 1. The third kappa shape index (κ3) is 3.13. The van der Waals surface area contributed by atoms with Crippen molar-refractivity contribution >= 4 is 11.6 Å². The maximum absolute atomic E-state index is 6.29. The van der Waals surface area contributed by atoms with Crippen LogP contribution in [0.2, 0.25) is 5.02 Å². The van der Waals surface area contributed by atoms with Crippen LogP contribution in [0.15, 0.2) is 24.3 Å². The predicted octanol–water partition coefficient (Wildman–Crippen LogP) is 3.85. The molecule has 0 radical (unpaired) electrons. The first-order valence-electron chi connectivity index (χ1n) is 7.14. The molecule has 2 rings (SSSR count). The predicted molar refractivity (Wildman–Crippen MR) is 82.4 cm³/mol. The lowest BCUT2D eigenvalue weighted by Gasteiger charge is -2.36. The molecule has 1 aromatic rings. The Morgan fingerprint density at radius 1 is 1.47 bits per heavy atom. The Bertz CT molecular complexity index is 435. The Balaban J connectivity index is 2.08. The molecule has 0 aromatic heterocycles. The van der Waals surface area contributed by atoms with Crippen molar-refractivity contribution in [2.24, 2.45) is 11.1 Å². The first kappa shape index (κ1) is 14.8. The molecule has 3 heteroatoms. The van der Waals surface area contributed by atoms with Crippen molar-refractivity contribution < 1.29 is 0 Å². The maximum Gasteiger partial charge on any atom is 0.0453 e. The van der Waals surface area contributed by atoms with Gasteiger partial charge in [-0.15, -0.1) is 0 Å². The molecular weight excluding hydrogens is 256 g/mol. The van der Waals surface area contributed by atoms with Crippen LogP contribution in [-0.2, 0) is 0 Å². The molecule has 0 heterocycles. The van der Waals surface area contributed by atoms with Crippen LogP contribution in [0.3, 0.4) is 0 Å². The Kier molecular flexibility index (Phi) is 4.54. The lowest BCUT2D eigenvalue weighted by atomic mass is 9.84. The Morgan fingerprint density at radius 3 is 2.74 bits per heavy atom. The van der Waals surface area contributed by atoms with E-state index in [-0.39, 0.29) is 5.41 Å². The standard InChI is InChI=1S/C16H25ClN2/c1-12(13-7-4-5-8-14(13)17)19(3)11-16(2)10-6-9-15(16)18/h4-5,7-8,12,15H,6,9-11,18H2,1-3H3. The van der Waals surface area contributed by atoms with E-state index in [1.807, 2.05) is 12.1 Å². The lowest BCUT2D eigenvalue weighted by Crippen LogP contribution is -2.43. The summed E-state index contributed by atoms with van der Waals surface area (Å²) in [5.74, 6) is 0. The molecule has 3 atom stereocenters. The largest absolute Gasteiger partial charge is 0.327 e. The highest BCUT2D eigenvalue weighted by Gasteiger charge is 2.37. The fourth-order valence-electron chi connectivity index (χ4n) is 3.21. The molecule has 0 spiro atoms. The molecule has 0 saturated heterocycles. The van der Waals surface area contributed by atoms with E-state index in [2.05, 4.69) is 37.9 Å². The number of hydrogen-bond acceptors (Lipinski definition) is 2. The van der Waals surface area contributed by atoms with Crippen LogP contribution in [-0.4, -0.2) is 24.5 Å². The summed E-state index contributed by atoms with van der Waals surface area (Å²) in [7, 11) is 2.17. The minimum atomic E-state index is 0.240. The molecule has 2 nitrogen and oxygen atoms in total. The van der Waals surface area contributed by atoms with E-state index in [0.29, 0.717) is 12.1 Å². The highest BCUT2D eigenvalue weighted by molar-refractivity contribution is 6.31. The van der Waals surface area contributed by atoms with Gasteiger partial charge in [0.2, 0.25) is 0 Å². The molecule has 0 bridgehead atoms. The van der Waals surface area contributed by atoms with Crippen LogP contribution in [0.5, 0.6) is 0 Å². The zero-order valence-electron chi connectivity index (χ0n) is 12.2. The summed E-state index contributed by atoms with van der Waals surface area (Å²) in [6, 6.07) is 8.75. The molecular formula is C16H25ClN2. The second-order valence-electron chi connectivity index (χ2n) is 6.27. The zero-order valence-corrected chi connectivity index (χ0v) is 13.0. The fraction of sp³-hybridized carbons (Fsp3) is 0.625. The van der Waals surface area contributed by atoms with Crippen LogP contribution in [0.25, 0.3) is 0 Å². The molecule has 2 N–H and O–H groups in total. The van der Waals surface area contributed by atoms with Crippen LogP contribution < -0.4 is 5.73 Å². The Hall–Kier alpha value is -0.570. The van der Waals surface area contributed by atoms with Crippen molar-refractivity contribution in [3.63, 3.8) is 0 Å². The molecule has 0 amide bonds. The number of benzene rings is 1. The number of nitrogens with two attached hydrogens (primary N) is 1. The van der Waals surface area contributed by atoms with E-state index in [9.17, 15) is 0 Å². The van der Waals surface area contributed by atoms with Crippen LogP contribution >= 0.6 is 11.6 Å². The topological polar surface area (TPSA) is 29.3 Å². The summed E-state index contributed by atoms with van der Waals surface area (Å²) in [5.41, 5.74) is 7.71. The van der Waals surface area contributed by atoms with Crippen molar-refractivity contribution in [3.05, 3.63) is 34.9 Å². The van der Waals surface area contributed by atoms with Gasteiger partial charge in [0, 0.05) is 23.7 Å². The van der Waals surface area contributed by atoms with Crippen molar-refractivity contribution in [1.29, 1.82) is 0 Å². The monoisotopic (exact) mass is 280 g/mol. The minimum absolute atomic E-state index is 0.240. The van der Waals surface area contributed by atoms with Gasteiger partial charge in [-0.2, -0.15) is 0 Å². The maximum atomic E-state index is 6.29. The second kappa shape index (κ2) is 5.82. The van der Waals surface area contributed by atoms with E-state index >= 15 is 0 Å². The molecule has 1 aliphatic rings. The van der Waals surface area contributed by atoms with Crippen molar-refractivity contribution in [1.82, 2.24) is 4.90 Å². The van der Waals surface area contributed by atoms with E-state index < -0.39 is 0 Å². The van der Waals surface area contributed by atoms with Crippen molar-refractivity contribution in [3.8, 4) is 0 Å². The highest BCUT2D eigenvalue weighted by Crippen LogP contribution is 2.39. The molecule has 1 saturated carbocycles. The summed E-state index contributed by atoms with van der Waals surface area (Å²) >= 11 is 6.29.